The van der Waals surface area contributed by atoms with Crippen LogP contribution >= 0.6 is 11.3 Å². The number of rotatable bonds is 5. The van der Waals surface area contributed by atoms with Crippen molar-refractivity contribution >= 4 is 44.0 Å². The minimum atomic E-state index is -3.39. The van der Waals surface area contributed by atoms with Crippen molar-refractivity contribution in [2.24, 2.45) is 5.10 Å². The minimum Gasteiger partial charge on any atom is -0.383 e. The molecule has 10 heteroatoms. The summed E-state index contributed by atoms with van der Waals surface area (Å²) in [4.78, 5) is 8.76. The number of likely N-dealkylation sites (N-methyl/N-ethyl adjacent to an activating group) is 1. The maximum Gasteiger partial charge on any atom is 0.205 e. The van der Waals surface area contributed by atoms with Crippen molar-refractivity contribution in [3.05, 3.63) is 29.1 Å². The average Bonchev–Trinajstić information content (AvgIpc) is 3.00. The molecule has 0 bridgehead atoms. The van der Waals surface area contributed by atoms with E-state index in [-0.39, 0.29) is 4.90 Å². The maximum absolute atomic E-state index is 12.2. The highest BCUT2D eigenvalue weighted by Gasteiger charge is 2.18. The normalized spacial score (nSPS) is 16.3. The standard InChI is InChI=1S/C16H22N6O2S2/c1-21-5-7-22(8-6-21)13-4-3-12(14(9-13)26(2,23)24)10-18-20-16-19-15(17)11-25-16/h3-4,9-11H,5-8,17H2,1-2H3,(H,19,20). The number of thiazole rings is 1. The summed E-state index contributed by atoms with van der Waals surface area (Å²) in [6.07, 6.45) is 2.70. The maximum atomic E-state index is 12.2. The van der Waals surface area contributed by atoms with Crippen molar-refractivity contribution in [2.75, 3.05) is 55.5 Å². The first-order valence-electron chi connectivity index (χ1n) is 8.10. The summed E-state index contributed by atoms with van der Waals surface area (Å²) >= 11 is 1.33. The largest absolute Gasteiger partial charge is 0.383 e. The number of nitrogens with zero attached hydrogens (tertiary/aromatic N) is 4. The number of anilines is 3. The van der Waals surface area contributed by atoms with E-state index in [2.05, 4.69) is 32.4 Å². The quantitative estimate of drug-likeness (QED) is 0.582. The molecule has 2 heterocycles. The van der Waals surface area contributed by atoms with E-state index >= 15 is 0 Å². The van der Waals surface area contributed by atoms with Crippen LogP contribution < -0.4 is 16.1 Å². The number of sulfone groups is 1. The van der Waals surface area contributed by atoms with Gasteiger partial charge >= 0.3 is 0 Å². The fraction of sp³-hybridized carbons (Fsp3) is 0.375. The number of nitrogens with one attached hydrogen (secondary N) is 1. The smallest absolute Gasteiger partial charge is 0.205 e. The van der Waals surface area contributed by atoms with Gasteiger partial charge in [-0.05, 0) is 25.2 Å². The van der Waals surface area contributed by atoms with E-state index in [4.69, 9.17) is 5.73 Å². The number of benzene rings is 1. The monoisotopic (exact) mass is 394 g/mol. The molecule has 3 N–H and O–H groups in total. The first kappa shape index (κ1) is 18.6. The van der Waals surface area contributed by atoms with Gasteiger partial charge in [-0.15, -0.1) is 11.3 Å². The number of nitrogen functional groups attached to an aromatic ring is 1. The van der Waals surface area contributed by atoms with Crippen molar-refractivity contribution in [3.8, 4) is 0 Å². The van der Waals surface area contributed by atoms with Gasteiger partial charge in [-0.25, -0.2) is 13.4 Å². The van der Waals surface area contributed by atoms with Gasteiger partial charge in [0.1, 0.15) is 5.82 Å². The van der Waals surface area contributed by atoms with Crippen molar-refractivity contribution in [2.45, 2.75) is 4.90 Å². The number of hydrazone groups is 1. The lowest BCUT2D eigenvalue weighted by molar-refractivity contribution is 0.313. The van der Waals surface area contributed by atoms with Crippen LogP contribution in [0.25, 0.3) is 0 Å². The second-order valence-electron chi connectivity index (χ2n) is 6.23. The van der Waals surface area contributed by atoms with E-state index in [9.17, 15) is 8.42 Å². The van der Waals surface area contributed by atoms with E-state index in [0.29, 0.717) is 16.5 Å². The van der Waals surface area contributed by atoms with Crippen LogP contribution in [-0.4, -0.2) is 64.0 Å². The number of hydrogen-bond donors (Lipinski definition) is 2. The highest BCUT2D eigenvalue weighted by molar-refractivity contribution is 7.90. The first-order valence-corrected chi connectivity index (χ1v) is 10.9. The van der Waals surface area contributed by atoms with Crippen molar-refractivity contribution in [1.82, 2.24) is 9.88 Å². The van der Waals surface area contributed by atoms with Gasteiger partial charge in [0.2, 0.25) is 5.13 Å². The Hall–Kier alpha value is -2.17. The summed E-state index contributed by atoms with van der Waals surface area (Å²) in [5, 5.41) is 6.33. The third kappa shape index (κ3) is 4.51. The molecule has 1 aliphatic heterocycles. The molecule has 1 fully saturated rings. The number of hydrogen-bond acceptors (Lipinski definition) is 9. The third-order valence-corrected chi connectivity index (χ3v) is 6.07. The second-order valence-corrected chi connectivity index (χ2v) is 9.07. The SMILES string of the molecule is CN1CCN(c2ccc(C=NNc3nc(N)cs3)c(S(C)(=O)=O)c2)CC1. The van der Waals surface area contributed by atoms with E-state index in [1.165, 1.54) is 23.8 Å². The van der Waals surface area contributed by atoms with Gasteiger partial charge < -0.3 is 15.5 Å². The molecule has 2 aromatic rings. The lowest BCUT2D eigenvalue weighted by Crippen LogP contribution is -2.44. The molecule has 3 rings (SSSR count). The fourth-order valence-corrected chi connectivity index (χ4v) is 4.14. The van der Waals surface area contributed by atoms with Crippen LogP contribution in [0.3, 0.4) is 0 Å². The highest BCUT2D eigenvalue weighted by Crippen LogP contribution is 2.24. The summed E-state index contributed by atoms with van der Waals surface area (Å²) < 4.78 is 24.5. The molecule has 0 aliphatic carbocycles. The molecule has 0 amide bonds. The van der Waals surface area contributed by atoms with E-state index in [1.807, 2.05) is 6.07 Å². The molecular weight excluding hydrogens is 372 g/mol. The van der Waals surface area contributed by atoms with Crippen LogP contribution in [0.4, 0.5) is 16.6 Å². The lowest BCUT2D eigenvalue weighted by atomic mass is 10.2. The van der Waals surface area contributed by atoms with Crippen molar-refractivity contribution in [3.63, 3.8) is 0 Å². The Morgan fingerprint density at radius 2 is 2.04 bits per heavy atom. The van der Waals surface area contributed by atoms with Crippen LogP contribution in [0.5, 0.6) is 0 Å². The van der Waals surface area contributed by atoms with Gasteiger partial charge in [-0.3, -0.25) is 5.43 Å². The molecule has 0 spiro atoms. The van der Waals surface area contributed by atoms with Gasteiger partial charge in [0.15, 0.2) is 9.84 Å². The Morgan fingerprint density at radius 3 is 2.65 bits per heavy atom. The van der Waals surface area contributed by atoms with Crippen LogP contribution in [0, 0.1) is 0 Å². The van der Waals surface area contributed by atoms with Gasteiger partial charge in [-0.1, -0.05) is 0 Å². The summed E-state index contributed by atoms with van der Waals surface area (Å²) in [5.74, 6) is 0.418. The summed E-state index contributed by atoms with van der Waals surface area (Å²) in [6, 6.07) is 5.44. The molecule has 0 atom stereocenters. The molecule has 0 radical (unpaired) electrons. The third-order valence-electron chi connectivity index (χ3n) is 4.15. The predicted molar refractivity (Wildman–Crippen MR) is 107 cm³/mol. The molecular formula is C16H22N6O2S2. The zero-order chi connectivity index (χ0) is 18.7. The molecule has 1 aromatic carbocycles. The summed E-state index contributed by atoms with van der Waals surface area (Å²) in [5.41, 5.74) is 9.76. The fourth-order valence-electron chi connectivity index (χ4n) is 2.71. The zero-order valence-electron chi connectivity index (χ0n) is 14.7. The average molecular weight is 395 g/mol. The second kappa shape index (κ2) is 7.60. The molecule has 0 saturated carbocycles. The van der Waals surface area contributed by atoms with Crippen LogP contribution in [0.2, 0.25) is 0 Å². The van der Waals surface area contributed by atoms with E-state index in [0.717, 1.165) is 31.9 Å². The Labute approximate surface area is 157 Å². The Balaban J connectivity index is 1.83. The summed E-state index contributed by atoms with van der Waals surface area (Å²) in [7, 11) is -1.30. The number of piperazine rings is 1. The van der Waals surface area contributed by atoms with E-state index in [1.54, 1.807) is 17.5 Å². The lowest BCUT2D eigenvalue weighted by Gasteiger charge is -2.34. The molecule has 8 nitrogen and oxygen atoms in total. The van der Waals surface area contributed by atoms with Gasteiger partial charge in [0.05, 0.1) is 11.1 Å². The van der Waals surface area contributed by atoms with Gasteiger partial charge in [0, 0.05) is 49.1 Å². The zero-order valence-corrected chi connectivity index (χ0v) is 16.3. The molecule has 140 valence electrons. The molecule has 26 heavy (non-hydrogen) atoms. The number of aromatic nitrogens is 1. The highest BCUT2D eigenvalue weighted by atomic mass is 32.2. The molecule has 1 saturated heterocycles. The van der Waals surface area contributed by atoms with Crippen LogP contribution in [0.1, 0.15) is 5.56 Å². The Bertz CT molecular complexity index is 901. The van der Waals surface area contributed by atoms with Crippen LogP contribution in [-0.2, 0) is 9.84 Å². The molecule has 1 aliphatic rings. The van der Waals surface area contributed by atoms with Crippen molar-refractivity contribution in [1.29, 1.82) is 0 Å². The summed E-state index contributed by atoms with van der Waals surface area (Å²) in [6.45, 7) is 3.66. The van der Waals surface area contributed by atoms with Crippen LogP contribution in [0.15, 0.2) is 33.6 Å². The van der Waals surface area contributed by atoms with Gasteiger partial charge in [-0.2, -0.15) is 5.10 Å². The Kier molecular flexibility index (Phi) is 5.44. The number of nitrogens with two attached hydrogens (primary N) is 1. The van der Waals surface area contributed by atoms with Crippen molar-refractivity contribution < 1.29 is 8.42 Å². The molecule has 1 aromatic heterocycles. The topological polar surface area (TPSA) is 104 Å². The van der Waals surface area contributed by atoms with Gasteiger partial charge in [0.25, 0.3) is 0 Å². The predicted octanol–water partition coefficient (Wildman–Crippen LogP) is 1.33. The minimum absolute atomic E-state index is 0.262. The first-order chi connectivity index (χ1) is 12.3. The Morgan fingerprint density at radius 1 is 1.31 bits per heavy atom. The van der Waals surface area contributed by atoms with E-state index < -0.39 is 9.84 Å². The molecule has 0 unspecified atom stereocenters.